The Labute approximate surface area is 469 Å². The van der Waals surface area contributed by atoms with Crippen molar-refractivity contribution < 1.29 is 37.3 Å². The Hall–Kier alpha value is -2.81. The number of esters is 1. The van der Waals surface area contributed by atoms with Crippen molar-refractivity contribution in [2.24, 2.45) is 0 Å². The van der Waals surface area contributed by atoms with Crippen molar-refractivity contribution >= 4 is 19.7 Å². The lowest BCUT2D eigenvalue weighted by Gasteiger charge is -2.30. The fourth-order valence-electron chi connectivity index (χ4n) is 8.78. The number of amides is 1. The van der Waals surface area contributed by atoms with Crippen LogP contribution in [0, 0.1) is 0 Å². The molecule has 0 aromatic rings. The molecule has 3 unspecified atom stereocenters. The van der Waals surface area contributed by atoms with E-state index in [9.17, 15) is 19.0 Å². The van der Waals surface area contributed by atoms with E-state index in [4.69, 9.17) is 13.8 Å². The van der Waals surface area contributed by atoms with E-state index in [1.807, 2.05) is 45.4 Å². The van der Waals surface area contributed by atoms with Gasteiger partial charge in [-0.2, -0.15) is 0 Å². The number of carbonyl (C=O) groups excluding carboxylic acids is 2. The first-order chi connectivity index (χ1) is 36.9. The molecule has 0 aromatic carbocycles. The summed E-state index contributed by atoms with van der Waals surface area (Å²) in [5, 5.41) is 2.98. The number of hydrogen-bond acceptors (Lipinski definition) is 7. The molecule has 9 nitrogen and oxygen atoms in total. The molecule has 0 aliphatic heterocycles. The van der Waals surface area contributed by atoms with E-state index in [1.54, 1.807) is 0 Å². The monoisotopic (exact) mass is 1080 g/mol. The Bertz CT molecular complexity index is 1580. The number of nitrogens with zero attached hydrogens (tertiary/aromatic N) is 1. The SMILES string of the molecule is CC/C=C\C/C=C\C/C=C\C/C=C\C/C=C\C/C=C\CCC(=O)NC(COP(=O)([O-])OCC[N+](C)(C)C)C(/C=C/CCCCCCCCCCCC)OC(=O)CCCCCCCCCCCCCCCCCCCCC. The van der Waals surface area contributed by atoms with Gasteiger partial charge in [0.15, 0.2) is 0 Å². The maximum Gasteiger partial charge on any atom is 0.306 e. The van der Waals surface area contributed by atoms with E-state index >= 15 is 0 Å². The molecule has 0 aliphatic rings. The van der Waals surface area contributed by atoms with Crippen LogP contribution in [0.5, 0.6) is 0 Å². The zero-order valence-corrected chi connectivity index (χ0v) is 51.1. The topological polar surface area (TPSA) is 114 Å². The van der Waals surface area contributed by atoms with E-state index in [2.05, 4.69) is 86.8 Å². The van der Waals surface area contributed by atoms with Gasteiger partial charge in [0.1, 0.15) is 19.3 Å². The second-order valence-electron chi connectivity index (χ2n) is 22.2. The lowest BCUT2D eigenvalue weighted by molar-refractivity contribution is -0.870. The lowest BCUT2D eigenvalue weighted by Crippen LogP contribution is -2.47. The zero-order valence-electron chi connectivity index (χ0n) is 50.2. The molecule has 76 heavy (non-hydrogen) atoms. The predicted molar refractivity (Wildman–Crippen MR) is 325 cm³/mol. The third-order valence-corrected chi connectivity index (χ3v) is 14.6. The zero-order chi connectivity index (χ0) is 55.7. The highest BCUT2D eigenvalue weighted by Crippen LogP contribution is 2.38. The molecule has 0 rings (SSSR count). The Balaban J connectivity index is 5.34. The molecule has 440 valence electrons. The summed E-state index contributed by atoms with van der Waals surface area (Å²) < 4.78 is 30.3. The van der Waals surface area contributed by atoms with Crippen LogP contribution in [0.25, 0.3) is 0 Å². The maximum atomic E-state index is 13.5. The molecular formula is C66H119N2O7P. The molecular weight excluding hydrogens is 964 g/mol. The summed E-state index contributed by atoms with van der Waals surface area (Å²) >= 11 is 0. The van der Waals surface area contributed by atoms with Crippen LogP contribution >= 0.6 is 7.82 Å². The fraction of sp³-hybridized carbons (Fsp3) is 0.758. The van der Waals surface area contributed by atoms with E-state index in [-0.39, 0.29) is 31.3 Å². The average Bonchev–Trinajstić information content (AvgIpc) is 3.38. The summed E-state index contributed by atoms with van der Waals surface area (Å²) in [6.45, 7) is 6.68. The highest BCUT2D eigenvalue weighted by Gasteiger charge is 2.27. The van der Waals surface area contributed by atoms with Gasteiger partial charge in [-0.25, -0.2) is 0 Å². The Morgan fingerprint density at radius 3 is 1.26 bits per heavy atom. The van der Waals surface area contributed by atoms with Gasteiger partial charge in [-0.05, 0) is 70.3 Å². The van der Waals surface area contributed by atoms with Crippen molar-refractivity contribution in [3.63, 3.8) is 0 Å². The van der Waals surface area contributed by atoms with Crippen LogP contribution in [0.1, 0.15) is 271 Å². The van der Waals surface area contributed by atoms with Crippen LogP contribution in [-0.2, 0) is 27.9 Å². The Morgan fingerprint density at radius 1 is 0.474 bits per heavy atom. The second-order valence-corrected chi connectivity index (χ2v) is 23.6. The average molecular weight is 1080 g/mol. The molecule has 0 bridgehead atoms. The summed E-state index contributed by atoms with van der Waals surface area (Å²) in [5.41, 5.74) is 0. The van der Waals surface area contributed by atoms with Crippen LogP contribution in [0.2, 0.25) is 0 Å². The quantitative estimate of drug-likeness (QED) is 0.0212. The summed E-state index contributed by atoms with van der Waals surface area (Å²) in [5.74, 6) is -0.634. The molecule has 3 atom stereocenters. The van der Waals surface area contributed by atoms with Gasteiger partial charge in [-0.1, -0.05) is 273 Å². The van der Waals surface area contributed by atoms with Gasteiger partial charge in [-0.15, -0.1) is 0 Å². The number of nitrogens with one attached hydrogen (secondary N) is 1. The minimum atomic E-state index is -4.72. The number of phosphoric acid groups is 1. The number of ether oxygens (including phenoxy) is 1. The Kier molecular flexibility index (Phi) is 53.5. The van der Waals surface area contributed by atoms with Crippen molar-refractivity contribution in [1.29, 1.82) is 0 Å². The molecule has 0 fully saturated rings. The molecule has 0 aliphatic carbocycles. The number of rotatable bonds is 56. The normalized spacial score (nSPS) is 14.2. The van der Waals surface area contributed by atoms with Crippen LogP contribution in [0.4, 0.5) is 0 Å². The summed E-state index contributed by atoms with van der Waals surface area (Å²) in [6, 6.07) is -0.930. The second kappa shape index (κ2) is 55.5. The van der Waals surface area contributed by atoms with Crippen LogP contribution in [0.15, 0.2) is 85.1 Å². The van der Waals surface area contributed by atoms with E-state index in [1.165, 1.54) is 154 Å². The van der Waals surface area contributed by atoms with Crippen molar-refractivity contribution in [2.75, 3.05) is 40.9 Å². The molecule has 1 amide bonds. The van der Waals surface area contributed by atoms with Crippen molar-refractivity contribution in [3.8, 4) is 0 Å². The van der Waals surface area contributed by atoms with Gasteiger partial charge >= 0.3 is 5.97 Å². The number of quaternary nitrogens is 1. The summed E-state index contributed by atoms with van der Waals surface area (Å²) in [4.78, 5) is 40.0. The summed E-state index contributed by atoms with van der Waals surface area (Å²) in [6.07, 6.45) is 72.9. The highest BCUT2D eigenvalue weighted by molar-refractivity contribution is 7.45. The third-order valence-electron chi connectivity index (χ3n) is 13.6. The van der Waals surface area contributed by atoms with E-state index < -0.39 is 26.6 Å². The third kappa shape index (κ3) is 55.9. The fourth-order valence-corrected chi connectivity index (χ4v) is 9.50. The van der Waals surface area contributed by atoms with Crippen molar-refractivity contribution in [3.05, 3.63) is 85.1 Å². The largest absolute Gasteiger partial charge is 0.756 e. The molecule has 0 radical (unpaired) electrons. The smallest absolute Gasteiger partial charge is 0.306 e. The molecule has 1 N–H and O–H groups in total. The minimum Gasteiger partial charge on any atom is -0.756 e. The number of phosphoric ester groups is 1. The molecule has 0 aromatic heterocycles. The van der Waals surface area contributed by atoms with Crippen LogP contribution in [0.3, 0.4) is 0 Å². The summed E-state index contributed by atoms with van der Waals surface area (Å²) in [7, 11) is 1.14. The first kappa shape index (κ1) is 73.2. The van der Waals surface area contributed by atoms with E-state index in [0.29, 0.717) is 17.4 Å². The number of hydrogen-bond donors (Lipinski definition) is 1. The number of allylic oxidation sites excluding steroid dienone is 13. The lowest BCUT2D eigenvalue weighted by atomic mass is 10.0. The van der Waals surface area contributed by atoms with Gasteiger partial charge < -0.3 is 28.5 Å². The Morgan fingerprint density at radius 2 is 0.855 bits per heavy atom. The van der Waals surface area contributed by atoms with Gasteiger partial charge in [-0.3, -0.25) is 14.2 Å². The number of carbonyl (C=O) groups is 2. The van der Waals surface area contributed by atoms with Crippen molar-refractivity contribution in [2.45, 2.75) is 283 Å². The van der Waals surface area contributed by atoms with Gasteiger partial charge in [0, 0.05) is 12.8 Å². The first-order valence-electron chi connectivity index (χ1n) is 31.4. The number of unbranched alkanes of at least 4 members (excludes halogenated alkanes) is 28. The van der Waals surface area contributed by atoms with Gasteiger partial charge in [0.2, 0.25) is 5.91 Å². The predicted octanol–water partition coefficient (Wildman–Crippen LogP) is 18.8. The van der Waals surface area contributed by atoms with Crippen LogP contribution in [-0.4, -0.2) is 69.4 Å². The van der Waals surface area contributed by atoms with E-state index in [0.717, 1.165) is 77.0 Å². The number of likely N-dealkylation sites (N-methyl/N-ethyl adjacent to an activating group) is 1. The molecule has 0 spiro atoms. The first-order valence-corrected chi connectivity index (χ1v) is 32.9. The molecule has 0 saturated carbocycles. The molecule has 0 saturated heterocycles. The highest BCUT2D eigenvalue weighted by atomic mass is 31.2. The molecule has 10 heteroatoms. The molecule has 0 heterocycles. The van der Waals surface area contributed by atoms with Crippen molar-refractivity contribution in [1.82, 2.24) is 5.32 Å². The minimum absolute atomic E-state index is 0.0378. The van der Waals surface area contributed by atoms with Crippen LogP contribution < -0.4 is 10.2 Å². The standard InChI is InChI=1S/C66H119N2O7P/c1-7-10-13-16-19-22-25-28-30-32-34-36-38-40-43-46-49-52-55-58-65(69)67-63(62-74-76(71,72)73-61-60-68(4,5)6)64(57-54-51-48-45-42-27-24-21-18-15-12-9-3)75-66(70)59-56-53-50-47-44-41-39-37-35-33-31-29-26-23-20-17-14-11-8-2/h10,13,19,22,28,30,34,36,40,43,49,52,54,57,63-64H,7-9,11-12,14-18,20-21,23-27,29,31-33,35,37-39,41-42,44-48,50-51,53,55-56,58-62H2,1-6H3,(H-,67,69,71,72)/b13-10-,22-19-,30-28-,36-34-,43-40-,52-49-,57-54+. The maximum absolute atomic E-state index is 13.5. The van der Waals surface area contributed by atoms with Gasteiger partial charge in [0.25, 0.3) is 7.82 Å². The van der Waals surface area contributed by atoms with Gasteiger partial charge in [0.05, 0.1) is 33.8 Å².